The number of carbonyl (C=O) groups is 2. The van der Waals surface area contributed by atoms with Gasteiger partial charge in [-0.3, -0.25) is 14.5 Å². The van der Waals surface area contributed by atoms with E-state index in [9.17, 15) is 9.59 Å². The first-order valence-electron chi connectivity index (χ1n) is 11.8. The number of amides is 2. The molecule has 2 aromatic rings. The maximum absolute atomic E-state index is 13.3. The Morgan fingerprint density at radius 2 is 1.76 bits per heavy atom. The molecule has 0 bridgehead atoms. The number of thioether (sulfide) groups is 1. The van der Waals surface area contributed by atoms with Crippen LogP contribution >= 0.6 is 11.8 Å². The number of hydrogen-bond acceptors (Lipinski definition) is 4. The van der Waals surface area contributed by atoms with Crippen LogP contribution in [0.5, 0.6) is 0 Å². The Morgan fingerprint density at radius 1 is 1.06 bits per heavy atom. The van der Waals surface area contributed by atoms with Crippen molar-refractivity contribution in [2.75, 3.05) is 37.6 Å². The zero-order valence-electron chi connectivity index (χ0n) is 19.5. The third-order valence-corrected chi connectivity index (χ3v) is 7.23. The van der Waals surface area contributed by atoms with Crippen LogP contribution in [0.15, 0.2) is 64.4 Å². The fourth-order valence-electron chi connectivity index (χ4n) is 4.82. The molecular formula is C27H33N3O2S. The summed E-state index contributed by atoms with van der Waals surface area (Å²) in [5.74, 6) is 1.23. The molecule has 2 amide bonds. The predicted octanol–water partition coefficient (Wildman–Crippen LogP) is 4.65. The van der Waals surface area contributed by atoms with E-state index in [1.807, 2.05) is 60.7 Å². The van der Waals surface area contributed by atoms with Crippen LogP contribution in [0.25, 0.3) is 6.08 Å². The summed E-state index contributed by atoms with van der Waals surface area (Å²) in [6.45, 7) is 8.58. The fourth-order valence-corrected chi connectivity index (χ4v) is 5.88. The smallest absolute Gasteiger partial charge is 0.265 e. The standard InChI is InChI=1S/C27H33N3O2S/c1-20-15-21(2)18-29(17-20)14-8-13-28-26(31)19-30-23-11-6-7-12-24(23)33-25(27(30)32)16-22-9-4-3-5-10-22/h3-7,9-12,16,20-21H,8,13-15,17-19H2,1-2H3,(H,28,31)/b25-16-. The molecule has 2 atom stereocenters. The summed E-state index contributed by atoms with van der Waals surface area (Å²) >= 11 is 1.46. The van der Waals surface area contributed by atoms with Gasteiger partial charge < -0.3 is 10.2 Å². The molecule has 1 saturated heterocycles. The SMILES string of the molecule is CC1CC(C)CN(CCCNC(=O)CN2C(=O)/C(=C/c3ccccc3)Sc3ccccc32)C1. The minimum atomic E-state index is -0.131. The van der Waals surface area contributed by atoms with Crippen molar-refractivity contribution in [1.29, 1.82) is 0 Å². The second-order valence-corrected chi connectivity index (χ2v) is 10.4. The first-order valence-corrected chi connectivity index (χ1v) is 12.7. The highest BCUT2D eigenvalue weighted by atomic mass is 32.2. The zero-order chi connectivity index (χ0) is 23.2. The van der Waals surface area contributed by atoms with Gasteiger partial charge in [0.05, 0.1) is 10.6 Å². The van der Waals surface area contributed by atoms with Crippen LogP contribution in [0.4, 0.5) is 5.69 Å². The largest absolute Gasteiger partial charge is 0.355 e. The van der Waals surface area contributed by atoms with Crippen LogP contribution in [-0.4, -0.2) is 49.4 Å². The third-order valence-electron chi connectivity index (χ3n) is 6.15. The lowest BCUT2D eigenvalue weighted by Crippen LogP contribution is -2.43. The Labute approximate surface area is 201 Å². The Hall–Kier alpha value is -2.57. The highest BCUT2D eigenvalue weighted by Gasteiger charge is 2.30. The van der Waals surface area contributed by atoms with Crippen molar-refractivity contribution in [3.63, 3.8) is 0 Å². The zero-order valence-corrected chi connectivity index (χ0v) is 20.3. The van der Waals surface area contributed by atoms with Gasteiger partial charge in [-0.25, -0.2) is 0 Å². The summed E-state index contributed by atoms with van der Waals surface area (Å²) in [6.07, 6.45) is 4.12. The Kier molecular flexibility index (Phi) is 7.89. The van der Waals surface area contributed by atoms with E-state index in [2.05, 4.69) is 24.1 Å². The van der Waals surface area contributed by atoms with Crippen molar-refractivity contribution in [2.24, 2.45) is 11.8 Å². The molecule has 4 rings (SSSR count). The molecule has 1 N–H and O–H groups in total. The molecule has 0 saturated carbocycles. The van der Waals surface area contributed by atoms with Crippen LogP contribution in [0.1, 0.15) is 32.3 Å². The van der Waals surface area contributed by atoms with Gasteiger partial charge in [0.15, 0.2) is 0 Å². The number of nitrogens with one attached hydrogen (secondary N) is 1. The highest BCUT2D eigenvalue weighted by molar-refractivity contribution is 8.04. The summed E-state index contributed by atoms with van der Waals surface area (Å²) in [6, 6.07) is 17.6. The van der Waals surface area contributed by atoms with E-state index in [1.165, 1.54) is 18.2 Å². The van der Waals surface area contributed by atoms with E-state index in [0.29, 0.717) is 11.4 Å². The van der Waals surface area contributed by atoms with E-state index in [1.54, 1.807) is 4.90 Å². The van der Waals surface area contributed by atoms with Gasteiger partial charge in [0, 0.05) is 24.5 Å². The molecule has 5 nitrogen and oxygen atoms in total. The molecule has 2 aliphatic heterocycles. The minimum Gasteiger partial charge on any atom is -0.355 e. The Balaban J connectivity index is 1.36. The molecule has 2 aliphatic rings. The molecule has 0 aromatic heterocycles. The molecule has 0 spiro atoms. The molecule has 0 radical (unpaired) electrons. The maximum atomic E-state index is 13.3. The number of anilines is 1. The lowest BCUT2D eigenvalue weighted by atomic mass is 9.92. The number of nitrogens with zero attached hydrogens (tertiary/aromatic N) is 2. The van der Waals surface area contributed by atoms with Gasteiger partial charge in [0.25, 0.3) is 5.91 Å². The molecule has 1 fully saturated rings. The van der Waals surface area contributed by atoms with Gasteiger partial charge in [-0.2, -0.15) is 0 Å². The van der Waals surface area contributed by atoms with Crippen molar-refractivity contribution < 1.29 is 9.59 Å². The number of likely N-dealkylation sites (tertiary alicyclic amines) is 1. The molecule has 6 heteroatoms. The summed E-state index contributed by atoms with van der Waals surface area (Å²) in [4.78, 5) is 31.7. The molecule has 2 aromatic carbocycles. The Morgan fingerprint density at radius 3 is 2.52 bits per heavy atom. The summed E-state index contributed by atoms with van der Waals surface area (Å²) < 4.78 is 0. The van der Waals surface area contributed by atoms with Crippen molar-refractivity contribution in [2.45, 2.75) is 31.6 Å². The molecule has 0 aliphatic carbocycles. The van der Waals surface area contributed by atoms with Gasteiger partial charge in [0.1, 0.15) is 6.54 Å². The topological polar surface area (TPSA) is 52.7 Å². The number of fused-ring (bicyclic) bond motifs is 1. The number of piperidine rings is 1. The summed E-state index contributed by atoms with van der Waals surface area (Å²) in [5, 5.41) is 3.02. The summed E-state index contributed by atoms with van der Waals surface area (Å²) in [7, 11) is 0. The van der Waals surface area contributed by atoms with E-state index in [4.69, 9.17) is 0 Å². The lowest BCUT2D eigenvalue weighted by Gasteiger charge is -2.35. The quantitative estimate of drug-likeness (QED) is 0.480. The lowest BCUT2D eigenvalue weighted by molar-refractivity contribution is -0.122. The third kappa shape index (κ3) is 6.27. The van der Waals surface area contributed by atoms with Crippen LogP contribution in [0, 0.1) is 11.8 Å². The van der Waals surface area contributed by atoms with E-state index in [0.717, 1.165) is 54.0 Å². The average Bonchev–Trinajstić information content (AvgIpc) is 2.79. The first kappa shape index (κ1) is 23.6. The number of para-hydroxylation sites is 1. The molecule has 174 valence electrons. The van der Waals surface area contributed by atoms with Gasteiger partial charge in [-0.1, -0.05) is 68.1 Å². The number of benzene rings is 2. The summed E-state index contributed by atoms with van der Waals surface area (Å²) in [5.41, 5.74) is 1.77. The first-order chi connectivity index (χ1) is 16.0. The second-order valence-electron chi connectivity index (χ2n) is 9.29. The molecule has 33 heavy (non-hydrogen) atoms. The van der Waals surface area contributed by atoms with Gasteiger partial charge in [-0.05, 0) is 55.0 Å². The van der Waals surface area contributed by atoms with Crippen molar-refractivity contribution in [3.05, 3.63) is 65.1 Å². The number of carbonyl (C=O) groups excluding carboxylic acids is 2. The fraction of sp³-hybridized carbons (Fsp3) is 0.407. The van der Waals surface area contributed by atoms with E-state index >= 15 is 0 Å². The Bertz CT molecular complexity index is 997. The number of hydrogen-bond donors (Lipinski definition) is 1. The van der Waals surface area contributed by atoms with Crippen molar-refractivity contribution in [3.8, 4) is 0 Å². The van der Waals surface area contributed by atoms with Gasteiger partial charge in [0.2, 0.25) is 5.91 Å². The van der Waals surface area contributed by atoms with Gasteiger partial charge >= 0.3 is 0 Å². The van der Waals surface area contributed by atoms with Gasteiger partial charge in [-0.15, -0.1) is 0 Å². The number of rotatable bonds is 7. The van der Waals surface area contributed by atoms with Crippen LogP contribution in [0.3, 0.4) is 0 Å². The van der Waals surface area contributed by atoms with E-state index in [-0.39, 0.29) is 18.4 Å². The van der Waals surface area contributed by atoms with Crippen molar-refractivity contribution in [1.82, 2.24) is 10.2 Å². The second kappa shape index (κ2) is 11.0. The van der Waals surface area contributed by atoms with E-state index < -0.39 is 0 Å². The predicted molar refractivity (Wildman–Crippen MR) is 136 cm³/mol. The monoisotopic (exact) mass is 463 g/mol. The van der Waals surface area contributed by atoms with Crippen LogP contribution in [-0.2, 0) is 9.59 Å². The van der Waals surface area contributed by atoms with Crippen LogP contribution in [0.2, 0.25) is 0 Å². The average molecular weight is 464 g/mol. The van der Waals surface area contributed by atoms with Crippen molar-refractivity contribution >= 4 is 35.3 Å². The molecule has 2 unspecified atom stereocenters. The molecular weight excluding hydrogens is 430 g/mol. The molecule has 2 heterocycles. The normalized spacial score (nSPS) is 22.3. The maximum Gasteiger partial charge on any atom is 0.265 e. The highest BCUT2D eigenvalue weighted by Crippen LogP contribution is 2.41. The minimum absolute atomic E-state index is 0.0281. The van der Waals surface area contributed by atoms with Crippen LogP contribution < -0.4 is 10.2 Å².